The Labute approximate surface area is 108 Å². The maximum absolute atomic E-state index is 11.8. The number of amides is 1. The van der Waals surface area contributed by atoms with E-state index in [2.05, 4.69) is 0 Å². The summed E-state index contributed by atoms with van der Waals surface area (Å²) in [6.45, 7) is 0.553. The molecule has 2 rings (SSSR count). The van der Waals surface area contributed by atoms with Gasteiger partial charge in [-0.2, -0.15) is 0 Å². The van der Waals surface area contributed by atoms with Crippen LogP contribution in [0.4, 0.5) is 4.79 Å². The van der Waals surface area contributed by atoms with Crippen molar-refractivity contribution in [3.05, 3.63) is 21.3 Å². The predicted octanol–water partition coefficient (Wildman–Crippen LogP) is 2.82. The largest absolute Gasteiger partial charge is 0.444 e. The predicted molar refractivity (Wildman–Crippen MR) is 65.8 cm³/mol. The fourth-order valence-corrected chi connectivity index (χ4v) is 2.69. The fraction of sp³-hybridized carbons (Fsp3) is 0.455. The van der Waals surface area contributed by atoms with Crippen LogP contribution in [0, 0.1) is 0 Å². The van der Waals surface area contributed by atoms with Gasteiger partial charge in [0.05, 0.1) is 15.8 Å². The van der Waals surface area contributed by atoms with E-state index in [9.17, 15) is 9.59 Å². The highest BCUT2D eigenvalue weighted by Gasteiger charge is 2.28. The van der Waals surface area contributed by atoms with Gasteiger partial charge in [-0.25, -0.2) is 4.79 Å². The lowest BCUT2D eigenvalue weighted by atomic mass is 10.1. The number of ketones is 1. The van der Waals surface area contributed by atoms with Gasteiger partial charge in [0.2, 0.25) is 0 Å². The molecule has 6 heteroatoms. The summed E-state index contributed by atoms with van der Waals surface area (Å²) in [6.07, 6.45) is 0.445. The molecule has 0 N–H and O–H groups in total. The van der Waals surface area contributed by atoms with Gasteiger partial charge in [-0.15, -0.1) is 11.3 Å². The van der Waals surface area contributed by atoms with Crippen molar-refractivity contribution >= 4 is 34.8 Å². The van der Waals surface area contributed by atoms with Crippen molar-refractivity contribution in [3.63, 3.8) is 0 Å². The highest BCUT2D eigenvalue weighted by molar-refractivity contribution is 7.18. The van der Waals surface area contributed by atoms with E-state index in [-0.39, 0.29) is 18.0 Å². The third kappa shape index (κ3) is 2.98. The van der Waals surface area contributed by atoms with Gasteiger partial charge in [0.1, 0.15) is 6.10 Å². The van der Waals surface area contributed by atoms with Gasteiger partial charge in [-0.3, -0.25) is 4.79 Å². The Balaban J connectivity index is 1.83. The number of nitrogens with zero attached hydrogens (tertiary/aromatic N) is 1. The first-order valence-corrected chi connectivity index (χ1v) is 6.46. The van der Waals surface area contributed by atoms with E-state index < -0.39 is 0 Å². The Morgan fingerprint density at radius 3 is 2.94 bits per heavy atom. The summed E-state index contributed by atoms with van der Waals surface area (Å²) in [7, 11) is 1.68. The topological polar surface area (TPSA) is 46.6 Å². The molecule has 2 heterocycles. The Kier molecular flexibility index (Phi) is 3.69. The monoisotopic (exact) mass is 273 g/mol. The average molecular weight is 274 g/mol. The number of thiophene rings is 1. The second-order valence-electron chi connectivity index (χ2n) is 3.95. The molecule has 1 fully saturated rings. The SMILES string of the molecule is CN1C[C@H](CCC(=O)c2ccc(Cl)s2)OC1=O. The van der Waals surface area contributed by atoms with E-state index in [1.54, 1.807) is 19.2 Å². The Morgan fingerprint density at radius 1 is 1.65 bits per heavy atom. The summed E-state index contributed by atoms with van der Waals surface area (Å²) >= 11 is 7.04. The molecule has 1 atom stereocenters. The molecule has 0 unspecified atom stereocenters. The molecular formula is C11H12ClNO3S. The molecule has 1 aromatic rings. The van der Waals surface area contributed by atoms with E-state index in [1.807, 2.05) is 0 Å². The highest BCUT2D eigenvalue weighted by Crippen LogP contribution is 2.24. The van der Waals surface area contributed by atoms with Gasteiger partial charge in [-0.05, 0) is 18.6 Å². The molecule has 1 aliphatic rings. The molecule has 92 valence electrons. The van der Waals surface area contributed by atoms with Gasteiger partial charge >= 0.3 is 6.09 Å². The summed E-state index contributed by atoms with van der Waals surface area (Å²) in [5.41, 5.74) is 0. The number of rotatable bonds is 4. The maximum atomic E-state index is 11.8. The fourth-order valence-electron chi connectivity index (χ4n) is 1.68. The van der Waals surface area contributed by atoms with Crippen molar-refractivity contribution in [2.75, 3.05) is 13.6 Å². The third-order valence-corrected chi connectivity index (χ3v) is 3.87. The van der Waals surface area contributed by atoms with Crippen molar-refractivity contribution in [2.45, 2.75) is 18.9 Å². The molecular weight excluding hydrogens is 262 g/mol. The van der Waals surface area contributed by atoms with Gasteiger partial charge in [0, 0.05) is 13.5 Å². The smallest absolute Gasteiger partial charge is 0.409 e. The van der Waals surface area contributed by atoms with Gasteiger partial charge in [0.25, 0.3) is 0 Å². The van der Waals surface area contributed by atoms with Crippen LogP contribution in [0.15, 0.2) is 12.1 Å². The lowest BCUT2D eigenvalue weighted by Crippen LogP contribution is -2.19. The number of ether oxygens (including phenoxy) is 1. The summed E-state index contributed by atoms with van der Waals surface area (Å²) in [4.78, 5) is 25.1. The maximum Gasteiger partial charge on any atom is 0.409 e. The minimum atomic E-state index is -0.318. The van der Waals surface area contributed by atoms with Crippen LogP contribution >= 0.6 is 22.9 Å². The van der Waals surface area contributed by atoms with Crippen LogP contribution in [0.2, 0.25) is 4.34 Å². The molecule has 0 radical (unpaired) electrons. The van der Waals surface area contributed by atoms with E-state index >= 15 is 0 Å². The number of halogens is 1. The number of hydrogen-bond donors (Lipinski definition) is 0. The standard InChI is InChI=1S/C11H12ClNO3S/c1-13-6-7(16-11(13)15)2-3-8(14)9-4-5-10(12)17-9/h4-5,7H,2-3,6H2,1H3/t7-/m0/s1. The quantitative estimate of drug-likeness (QED) is 0.793. The van der Waals surface area contributed by atoms with Crippen LogP contribution in [-0.2, 0) is 4.74 Å². The second kappa shape index (κ2) is 5.06. The first-order chi connectivity index (χ1) is 8.06. The second-order valence-corrected chi connectivity index (χ2v) is 5.67. The van der Waals surface area contributed by atoms with E-state index in [4.69, 9.17) is 16.3 Å². The molecule has 1 saturated heterocycles. The molecule has 1 aromatic heterocycles. The lowest BCUT2D eigenvalue weighted by Gasteiger charge is -2.06. The molecule has 0 spiro atoms. The minimum absolute atomic E-state index is 0.0486. The number of cyclic esters (lactones) is 1. The molecule has 0 bridgehead atoms. The van der Waals surface area contributed by atoms with Crippen LogP contribution < -0.4 is 0 Å². The van der Waals surface area contributed by atoms with Crippen molar-refractivity contribution in [3.8, 4) is 0 Å². The summed E-state index contributed by atoms with van der Waals surface area (Å²) < 4.78 is 5.69. The van der Waals surface area contributed by atoms with Crippen molar-refractivity contribution in [1.82, 2.24) is 4.90 Å². The van der Waals surface area contributed by atoms with Gasteiger partial charge in [-0.1, -0.05) is 11.6 Å². The van der Waals surface area contributed by atoms with Crippen molar-refractivity contribution in [1.29, 1.82) is 0 Å². The summed E-state index contributed by atoms with van der Waals surface area (Å²) in [6, 6.07) is 3.44. The lowest BCUT2D eigenvalue weighted by molar-refractivity contribution is 0.0942. The number of hydrogen-bond acceptors (Lipinski definition) is 4. The summed E-state index contributed by atoms with van der Waals surface area (Å²) in [5.74, 6) is 0.0486. The molecule has 0 saturated carbocycles. The van der Waals surface area contributed by atoms with E-state index in [0.29, 0.717) is 28.6 Å². The van der Waals surface area contributed by atoms with Gasteiger partial charge < -0.3 is 9.64 Å². The molecule has 17 heavy (non-hydrogen) atoms. The Morgan fingerprint density at radius 2 is 2.41 bits per heavy atom. The molecule has 4 nitrogen and oxygen atoms in total. The normalized spacial score (nSPS) is 19.5. The third-order valence-electron chi connectivity index (χ3n) is 2.60. The number of carbonyl (C=O) groups is 2. The van der Waals surface area contributed by atoms with E-state index in [0.717, 1.165) is 0 Å². The Hall–Kier alpha value is -1.07. The van der Waals surface area contributed by atoms with Crippen molar-refractivity contribution < 1.29 is 14.3 Å². The van der Waals surface area contributed by atoms with Crippen LogP contribution in [0.3, 0.4) is 0 Å². The molecule has 1 aliphatic heterocycles. The molecule has 0 aromatic carbocycles. The number of carbonyl (C=O) groups excluding carboxylic acids is 2. The van der Waals surface area contributed by atoms with Crippen LogP contribution in [0.25, 0.3) is 0 Å². The Bertz CT molecular complexity index is 446. The van der Waals surface area contributed by atoms with Crippen LogP contribution in [0.1, 0.15) is 22.5 Å². The number of Topliss-reactive ketones (excluding diaryl/α,β-unsaturated/α-hetero) is 1. The van der Waals surface area contributed by atoms with Crippen LogP contribution in [-0.4, -0.2) is 36.5 Å². The highest BCUT2D eigenvalue weighted by atomic mass is 35.5. The zero-order chi connectivity index (χ0) is 12.4. The zero-order valence-corrected chi connectivity index (χ0v) is 10.9. The summed E-state index contributed by atoms with van der Waals surface area (Å²) in [5, 5.41) is 0. The number of likely N-dealkylation sites (N-methyl/N-ethyl adjacent to an activating group) is 1. The zero-order valence-electron chi connectivity index (χ0n) is 9.31. The first kappa shape index (κ1) is 12.4. The van der Waals surface area contributed by atoms with Crippen LogP contribution in [0.5, 0.6) is 0 Å². The van der Waals surface area contributed by atoms with E-state index in [1.165, 1.54) is 16.2 Å². The van der Waals surface area contributed by atoms with Gasteiger partial charge in [0.15, 0.2) is 5.78 Å². The average Bonchev–Trinajstić information content (AvgIpc) is 2.83. The van der Waals surface area contributed by atoms with Crippen molar-refractivity contribution in [2.24, 2.45) is 0 Å². The first-order valence-electron chi connectivity index (χ1n) is 5.26. The molecule has 1 amide bonds. The molecule has 0 aliphatic carbocycles. The minimum Gasteiger partial charge on any atom is -0.444 e.